The molecule has 10 heteroatoms. The number of rotatable bonds is 6. The molecule has 2 amide bonds. The van der Waals surface area contributed by atoms with Crippen LogP contribution in [-0.4, -0.2) is 24.4 Å². The maximum absolute atomic E-state index is 12.5. The van der Waals surface area contributed by atoms with E-state index in [1.807, 2.05) is 0 Å². The molecular weight excluding hydrogens is 447 g/mol. The molecule has 3 aromatic rings. The highest BCUT2D eigenvalue weighted by Crippen LogP contribution is 2.24. The van der Waals surface area contributed by atoms with Gasteiger partial charge < -0.3 is 10.1 Å². The number of carbonyl (C=O) groups is 2. The number of nitrogens with one attached hydrogen (secondary N) is 2. The monoisotopic (exact) mass is 461 g/mol. The lowest BCUT2D eigenvalue weighted by atomic mass is 10.1. The molecular formula is C22H15ClF3N3O3. The molecule has 0 heterocycles. The second-order valence-corrected chi connectivity index (χ2v) is 6.77. The third kappa shape index (κ3) is 6.58. The van der Waals surface area contributed by atoms with Crippen LogP contribution < -0.4 is 15.5 Å². The van der Waals surface area contributed by atoms with E-state index in [2.05, 4.69) is 20.6 Å². The van der Waals surface area contributed by atoms with Gasteiger partial charge in [-0.05, 0) is 48.0 Å². The minimum atomic E-state index is -4.88. The first kappa shape index (κ1) is 22.8. The van der Waals surface area contributed by atoms with E-state index < -0.39 is 23.9 Å². The van der Waals surface area contributed by atoms with Gasteiger partial charge in [-0.25, -0.2) is 5.43 Å². The van der Waals surface area contributed by atoms with Gasteiger partial charge in [0.1, 0.15) is 5.75 Å². The number of hydrogen-bond donors (Lipinski definition) is 2. The van der Waals surface area contributed by atoms with Crippen molar-refractivity contribution in [2.45, 2.75) is 6.36 Å². The van der Waals surface area contributed by atoms with Crippen LogP contribution >= 0.6 is 11.6 Å². The first-order chi connectivity index (χ1) is 15.2. The van der Waals surface area contributed by atoms with E-state index in [-0.39, 0.29) is 16.8 Å². The largest absolute Gasteiger partial charge is 0.573 e. The van der Waals surface area contributed by atoms with Gasteiger partial charge in [0.25, 0.3) is 11.8 Å². The molecule has 3 rings (SSSR count). The zero-order valence-electron chi connectivity index (χ0n) is 16.2. The smallest absolute Gasteiger partial charge is 0.406 e. The highest BCUT2D eigenvalue weighted by atomic mass is 35.5. The molecule has 2 N–H and O–H groups in total. The summed E-state index contributed by atoms with van der Waals surface area (Å²) in [5.74, 6) is -1.86. The number of carbonyl (C=O) groups excluding carboxylic acids is 2. The van der Waals surface area contributed by atoms with Gasteiger partial charge in [-0.3, -0.25) is 9.59 Å². The van der Waals surface area contributed by atoms with E-state index in [0.717, 1.165) is 12.1 Å². The van der Waals surface area contributed by atoms with E-state index >= 15 is 0 Å². The quantitative estimate of drug-likeness (QED) is 0.388. The zero-order valence-corrected chi connectivity index (χ0v) is 16.9. The van der Waals surface area contributed by atoms with Crippen molar-refractivity contribution in [2.75, 3.05) is 5.32 Å². The fourth-order valence-corrected chi connectivity index (χ4v) is 2.83. The molecule has 0 aliphatic heterocycles. The van der Waals surface area contributed by atoms with Crippen LogP contribution in [0.5, 0.6) is 5.75 Å². The van der Waals surface area contributed by atoms with Crippen molar-refractivity contribution in [3.63, 3.8) is 0 Å². The molecule has 0 saturated carbocycles. The van der Waals surface area contributed by atoms with Crippen molar-refractivity contribution in [1.82, 2.24) is 5.43 Å². The molecule has 164 valence electrons. The summed E-state index contributed by atoms with van der Waals surface area (Å²) < 4.78 is 41.0. The Balaban J connectivity index is 1.71. The van der Waals surface area contributed by atoms with Crippen LogP contribution in [0.25, 0.3) is 0 Å². The lowest BCUT2D eigenvalue weighted by molar-refractivity contribution is -0.274. The number of para-hydroxylation sites is 1. The number of ether oxygens (including phenoxy) is 1. The molecule has 3 aromatic carbocycles. The first-order valence-corrected chi connectivity index (χ1v) is 9.44. The molecule has 0 aliphatic rings. The van der Waals surface area contributed by atoms with Crippen molar-refractivity contribution in [1.29, 1.82) is 0 Å². The van der Waals surface area contributed by atoms with Crippen LogP contribution in [0.15, 0.2) is 77.9 Å². The summed E-state index contributed by atoms with van der Waals surface area (Å²) in [6.07, 6.45) is -3.48. The van der Waals surface area contributed by atoms with Gasteiger partial charge in [-0.15, -0.1) is 13.2 Å². The van der Waals surface area contributed by atoms with E-state index in [9.17, 15) is 22.8 Å². The summed E-state index contributed by atoms with van der Waals surface area (Å²) in [6.45, 7) is 0. The lowest BCUT2D eigenvalue weighted by Crippen LogP contribution is -2.21. The molecule has 0 fully saturated rings. The van der Waals surface area contributed by atoms with Crippen LogP contribution in [0.2, 0.25) is 5.02 Å². The Bertz CT molecular complexity index is 1170. The Morgan fingerprint density at radius 3 is 2.44 bits per heavy atom. The predicted octanol–water partition coefficient (Wildman–Crippen LogP) is 5.25. The van der Waals surface area contributed by atoms with E-state index in [1.54, 1.807) is 36.4 Å². The molecule has 0 aromatic heterocycles. The number of alkyl halides is 3. The molecule has 0 bridgehead atoms. The second-order valence-electron chi connectivity index (χ2n) is 6.33. The molecule has 0 saturated heterocycles. The topological polar surface area (TPSA) is 79.8 Å². The van der Waals surface area contributed by atoms with E-state index in [0.29, 0.717) is 10.6 Å². The molecule has 0 unspecified atom stereocenters. The van der Waals surface area contributed by atoms with Gasteiger partial charge in [0.05, 0.1) is 17.5 Å². The Morgan fingerprint density at radius 2 is 1.69 bits per heavy atom. The summed E-state index contributed by atoms with van der Waals surface area (Å²) in [6, 6.07) is 17.5. The minimum Gasteiger partial charge on any atom is -0.406 e. The molecule has 6 nitrogen and oxygen atoms in total. The van der Waals surface area contributed by atoms with Crippen LogP contribution in [0, 0.1) is 0 Å². The standard InChI is InChI=1S/C22H15ClF3N3O3/c23-16-7-3-5-14(11-16)13-27-29-21(31)18-9-1-2-10-19(18)28-20(30)15-6-4-8-17(12-15)32-22(24,25)26/h1-13H,(H,28,30)(H,29,31). The van der Waals surface area contributed by atoms with E-state index in [4.69, 9.17) is 11.6 Å². The summed E-state index contributed by atoms with van der Waals surface area (Å²) >= 11 is 5.89. The van der Waals surface area contributed by atoms with Crippen molar-refractivity contribution in [3.8, 4) is 5.75 Å². The fraction of sp³-hybridized carbons (Fsp3) is 0.0455. The van der Waals surface area contributed by atoms with Crippen molar-refractivity contribution >= 4 is 35.3 Å². The number of benzene rings is 3. The number of halogens is 4. The van der Waals surface area contributed by atoms with Gasteiger partial charge in [-0.2, -0.15) is 5.10 Å². The number of amides is 2. The Kier molecular flexibility index (Phi) is 7.11. The minimum absolute atomic E-state index is 0.0825. The highest BCUT2D eigenvalue weighted by Gasteiger charge is 2.31. The maximum Gasteiger partial charge on any atom is 0.573 e. The van der Waals surface area contributed by atoms with Crippen molar-refractivity contribution in [2.24, 2.45) is 5.10 Å². The number of anilines is 1. The van der Waals surface area contributed by atoms with Crippen LogP contribution in [0.1, 0.15) is 26.3 Å². The summed E-state index contributed by atoms with van der Waals surface area (Å²) in [5, 5.41) is 6.88. The van der Waals surface area contributed by atoms with E-state index in [1.165, 1.54) is 30.5 Å². The number of hydrazone groups is 1. The molecule has 0 spiro atoms. The fourth-order valence-electron chi connectivity index (χ4n) is 2.63. The van der Waals surface area contributed by atoms with Crippen LogP contribution in [0.4, 0.5) is 18.9 Å². The third-order valence-electron chi connectivity index (χ3n) is 3.98. The number of nitrogens with zero attached hydrogens (tertiary/aromatic N) is 1. The average molecular weight is 462 g/mol. The summed E-state index contributed by atoms with van der Waals surface area (Å²) in [7, 11) is 0. The highest BCUT2D eigenvalue weighted by molar-refractivity contribution is 6.30. The summed E-state index contributed by atoms with van der Waals surface area (Å²) in [5.41, 5.74) is 3.18. The maximum atomic E-state index is 12.5. The van der Waals surface area contributed by atoms with Crippen LogP contribution in [0.3, 0.4) is 0 Å². The molecule has 32 heavy (non-hydrogen) atoms. The molecule has 0 radical (unpaired) electrons. The zero-order chi connectivity index (χ0) is 23.1. The SMILES string of the molecule is O=C(Nc1ccccc1C(=O)NN=Cc1cccc(Cl)c1)c1cccc(OC(F)(F)F)c1. The Labute approximate surface area is 185 Å². The van der Waals surface area contributed by atoms with Crippen molar-refractivity contribution in [3.05, 3.63) is 94.5 Å². The Hall–Kier alpha value is -3.85. The van der Waals surface area contributed by atoms with Crippen LogP contribution in [-0.2, 0) is 0 Å². The van der Waals surface area contributed by atoms with Gasteiger partial charge in [0, 0.05) is 10.6 Å². The summed E-state index contributed by atoms with van der Waals surface area (Å²) in [4.78, 5) is 25.0. The van der Waals surface area contributed by atoms with Gasteiger partial charge in [-0.1, -0.05) is 41.9 Å². The molecule has 0 aliphatic carbocycles. The normalized spacial score (nSPS) is 11.2. The average Bonchev–Trinajstić information content (AvgIpc) is 2.73. The predicted molar refractivity (Wildman–Crippen MR) is 114 cm³/mol. The van der Waals surface area contributed by atoms with Gasteiger partial charge in [0.2, 0.25) is 0 Å². The first-order valence-electron chi connectivity index (χ1n) is 9.06. The van der Waals surface area contributed by atoms with Gasteiger partial charge in [0.15, 0.2) is 0 Å². The number of hydrogen-bond acceptors (Lipinski definition) is 4. The van der Waals surface area contributed by atoms with Crippen molar-refractivity contribution < 1.29 is 27.5 Å². The molecule has 0 atom stereocenters. The van der Waals surface area contributed by atoms with Gasteiger partial charge >= 0.3 is 6.36 Å². The Morgan fingerprint density at radius 1 is 0.938 bits per heavy atom. The third-order valence-corrected chi connectivity index (χ3v) is 4.21. The lowest BCUT2D eigenvalue weighted by Gasteiger charge is -2.12. The second kappa shape index (κ2) is 9.97.